The molecule has 4 saturated heterocycles. The highest BCUT2D eigenvalue weighted by Crippen LogP contribution is 2.38. The van der Waals surface area contributed by atoms with Crippen LogP contribution in [0, 0.1) is 17.8 Å². The van der Waals surface area contributed by atoms with Crippen LogP contribution in [0.15, 0.2) is 0 Å². The SMILES string of the molecule is C[C@@H]1CN(C(=O)[C@@H]2CNC[C@@H]3COC(C)(C)O[C@@H]32)C[C@@H]2OC(C)(C)O[C@H]12. The molecule has 4 fully saturated rings. The Morgan fingerprint density at radius 3 is 2.50 bits per heavy atom. The van der Waals surface area contributed by atoms with Crippen LogP contribution >= 0.6 is 0 Å². The van der Waals surface area contributed by atoms with Crippen LogP contribution in [-0.4, -0.2) is 73.5 Å². The van der Waals surface area contributed by atoms with Crippen LogP contribution in [0.2, 0.25) is 0 Å². The summed E-state index contributed by atoms with van der Waals surface area (Å²) in [6, 6.07) is 0. The molecule has 0 aromatic heterocycles. The number of piperidine rings is 2. The molecule has 0 bridgehead atoms. The van der Waals surface area contributed by atoms with Crippen LogP contribution in [0.1, 0.15) is 34.6 Å². The highest BCUT2D eigenvalue weighted by molar-refractivity contribution is 5.80. The van der Waals surface area contributed by atoms with E-state index in [4.69, 9.17) is 18.9 Å². The smallest absolute Gasteiger partial charge is 0.229 e. The second kappa shape index (κ2) is 6.41. The number of nitrogens with one attached hydrogen (secondary N) is 1. The van der Waals surface area contributed by atoms with Crippen molar-refractivity contribution in [1.82, 2.24) is 10.2 Å². The van der Waals surface area contributed by atoms with Gasteiger partial charge in [-0.1, -0.05) is 6.92 Å². The van der Waals surface area contributed by atoms with Crippen LogP contribution in [0.3, 0.4) is 0 Å². The highest BCUT2D eigenvalue weighted by Gasteiger charge is 2.51. The molecule has 7 nitrogen and oxygen atoms in total. The van der Waals surface area contributed by atoms with Crippen molar-refractivity contribution in [2.75, 3.05) is 32.8 Å². The lowest BCUT2D eigenvalue weighted by Crippen LogP contribution is -2.62. The lowest BCUT2D eigenvalue weighted by atomic mass is 9.84. The van der Waals surface area contributed by atoms with Gasteiger partial charge in [0, 0.05) is 38.0 Å². The van der Waals surface area contributed by atoms with E-state index in [1.54, 1.807) is 0 Å². The molecule has 0 radical (unpaired) electrons. The molecule has 6 atom stereocenters. The zero-order valence-electron chi connectivity index (χ0n) is 16.5. The third-order valence-corrected chi connectivity index (χ3v) is 6.02. The van der Waals surface area contributed by atoms with E-state index >= 15 is 0 Å². The van der Waals surface area contributed by atoms with Crippen molar-refractivity contribution in [3.05, 3.63) is 0 Å². The third kappa shape index (κ3) is 3.40. The van der Waals surface area contributed by atoms with Gasteiger partial charge in [-0.25, -0.2) is 0 Å². The number of amides is 1. The fourth-order valence-corrected chi connectivity index (χ4v) is 4.86. The Labute approximate surface area is 155 Å². The monoisotopic (exact) mass is 368 g/mol. The molecule has 0 unspecified atom stereocenters. The molecule has 0 aromatic carbocycles. The van der Waals surface area contributed by atoms with Crippen LogP contribution < -0.4 is 5.32 Å². The Hall–Kier alpha value is -0.730. The van der Waals surface area contributed by atoms with Gasteiger partial charge < -0.3 is 29.2 Å². The second-order valence-electron chi connectivity index (χ2n) is 9.18. The maximum Gasteiger partial charge on any atom is 0.229 e. The molecule has 4 heterocycles. The highest BCUT2D eigenvalue weighted by atomic mass is 16.8. The van der Waals surface area contributed by atoms with Gasteiger partial charge >= 0.3 is 0 Å². The normalized spacial score (nSPS) is 44.3. The van der Waals surface area contributed by atoms with Crippen LogP contribution in [0.4, 0.5) is 0 Å². The molecule has 4 aliphatic rings. The number of likely N-dealkylation sites (tertiary alicyclic amines) is 1. The van der Waals surface area contributed by atoms with Crippen molar-refractivity contribution >= 4 is 5.91 Å². The molecule has 0 aromatic rings. The van der Waals surface area contributed by atoms with Gasteiger partial charge in [-0.2, -0.15) is 0 Å². The maximum atomic E-state index is 13.4. The third-order valence-electron chi connectivity index (χ3n) is 6.02. The molecule has 0 spiro atoms. The summed E-state index contributed by atoms with van der Waals surface area (Å²) in [5, 5.41) is 3.39. The minimum atomic E-state index is -0.635. The molecule has 26 heavy (non-hydrogen) atoms. The number of fused-ring (bicyclic) bond motifs is 2. The van der Waals surface area contributed by atoms with Crippen LogP contribution in [0.5, 0.6) is 0 Å². The Morgan fingerprint density at radius 1 is 1.00 bits per heavy atom. The van der Waals surface area contributed by atoms with E-state index in [2.05, 4.69) is 12.2 Å². The number of nitrogens with zero attached hydrogens (tertiary/aromatic N) is 1. The van der Waals surface area contributed by atoms with Crippen molar-refractivity contribution in [2.24, 2.45) is 17.8 Å². The summed E-state index contributed by atoms with van der Waals surface area (Å²) in [4.78, 5) is 15.3. The second-order valence-corrected chi connectivity index (χ2v) is 9.18. The summed E-state index contributed by atoms with van der Waals surface area (Å²) in [5.41, 5.74) is 0. The van der Waals surface area contributed by atoms with E-state index < -0.39 is 11.6 Å². The van der Waals surface area contributed by atoms with E-state index in [0.29, 0.717) is 26.2 Å². The average molecular weight is 368 g/mol. The topological polar surface area (TPSA) is 69.3 Å². The minimum absolute atomic E-state index is 0.0582. The van der Waals surface area contributed by atoms with Gasteiger partial charge in [0.15, 0.2) is 11.6 Å². The summed E-state index contributed by atoms with van der Waals surface area (Å²) in [6.07, 6.45) is -0.0978. The number of hydrogen-bond donors (Lipinski definition) is 1. The molecule has 4 aliphatic heterocycles. The number of carbonyl (C=O) groups is 1. The van der Waals surface area contributed by atoms with Crippen molar-refractivity contribution in [2.45, 2.75) is 64.5 Å². The van der Waals surface area contributed by atoms with E-state index in [1.807, 2.05) is 32.6 Å². The Bertz CT molecular complexity index is 566. The predicted octanol–water partition coefficient (Wildman–Crippen LogP) is 0.972. The minimum Gasteiger partial charge on any atom is -0.350 e. The Morgan fingerprint density at radius 2 is 1.73 bits per heavy atom. The van der Waals surface area contributed by atoms with E-state index in [0.717, 1.165) is 6.54 Å². The zero-order valence-corrected chi connectivity index (χ0v) is 16.5. The molecule has 0 saturated carbocycles. The quantitative estimate of drug-likeness (QED) is 0.744. The van der Waals surface area contributed by atoms with Gasteiger partial charge in [0.1, 0.15) is 6.10 Å². The standard InChI is InChI=1S/C19H32N2O5/c1-11-8-21(9-14-15(11)25-19(4,5)24-14)17(22)13-7-20-6-12-10-23-18(2,3)26-16(12)13/h11-16,20H,6-10H2,1-5H3/t11-,12-,13-,14+,15-,16+/m1/s1. The van der Waals surface area contributed by atoms with Crippen LogP contribution in [0.25, 0.3) is 0 Å². The van der Waals surface area contributed by atoms with Crippen molar-refractivity contribution in [1.29, 1.82) is 0 Å². The zero-order chi connectivity index (χ0) is 18.7. The van der Waals surface area contributed by atoms with E-state index in [1.165, 1.54) is 0 Å². The van der Waals surface area contributed by atoms with Crippen molar-refractivity contribution < 1.29 is 23.7 Å². The first-order valence-electron chi connectivity index (χ1n) is 9.82. The van der Waals surface area contributed by atoms with Gasteiger partial charge in [-0.3, -0.25) is 4.79 Å². The fourth-order valence-electron chi connectivity index (χ4n) is 4.86. The van der Waals surface area contributed by atoms with Gasteiger partial charge in [0.25, 0.3) is 0 Å². The molecule has 4 rings (SSSR count). The van der Waals surface area contributed by atoms with Crippen molar-refractivity contribution in [3.8, 4) is 0 Å². The molecule has 7 heteroatoms. The molecule has 1 amide bonds. The maximum absolute atomic E-state index is 13.4. The average Bonchev–Trinajstić information content (AvgIpc) is 2.87. The summed E-state index contributed by atoms with van der Waals surface area (Å²) in [5.74, 6) is -0.776. The molecule has 0 aliphatic carbocycles. The summed E-state index contributed by atoms with van der Waals surface area (Å²) in [6.45, 7) is 13.3. The van der Waals surface area contributed by atoms with E-state index in [9.17, 15) is 4.79 Å². The Kier molecular flexibility index (Phi) is 4.59. The summed E-state index contributed by atoms with van der Waals surface area (Å²) >= 11 is 0. The predicted molar refractivity (Wildman–Crippen MR) is 94.3 cm³/mol. The number of rotatable bonds is 1. The lowest BCUT2D eigenvalue weighted by molar-refractivity contribution is -0.304. The largest absolute Gasteiger partial charge is 0.350 e. The molecular weight excluding hydrogens is 336 g/mol. The number of hydrogen-bond acceptors (Lipinski definition) is 6. The van der Waals surface area contributed by atoms with Crippen molar-refractivity contribution in [3.63, 3.8) is 0 Å². The fraction of sp³-hybridized carbons (Fsp3) is 0.947. The molecule has 1 N–H and O–H groups in total. The number of carbonyl (C=O) groups excluding carboxylic acids is 1. The molecular formula is C19H32N2O5. The van der Waals surface area contributed by atoms with E-state index in [-0.39, 0.29) is 42.0 Å². The van der Waals surface area contributed by atoms with Crippen LogP contribution in [-0.2, 0) is 23.7 Å². The van der Waals surface area contributed by atoms with Gasteiger partial charge in [-0.15, -0.1) is 0 Å². The van der Waals surface area contributed by atoms with Gasteiger partial charge in [0.05, 0.1) is 24.7 Å². The first kappa shape index (κ1) is 18.6. The lowest BCUT2D eigenvalue weighted by Gasteiger charge is -2.48. The summed E-state index contributed by atoms with van der Waals surface area (Å²) < 4.78 is 24.1. The number of ether oxygens (including phenoxy) is 4. The van der Waals surface area contributed by atoms with Gasteiger partial charge in [-0.05, 0) is 27.7 Å². The van der Waals surface area contributed by atoms with Gasteiger partial charge in [0.2, 0.25) is 5.91 Å². The first-order chi connectivity index (χ1) is 12.2. The summed E-state index contributed by atoms with van der Waals surface area (Å²) in [7, 11) is 0. The molecule has 148 valence electrons. The Balaban J connectivity index is 1.48. The first-order valence-corrected chi connectivity index (χ1v) is 9.82.